The van der Waals surface area contributed by atoms with Crippen LogP contribution in [-0.4, -0.2) is 22.1 Å². The summed E-state index contributed by atoms with van der Waals surface area (Å²) in [6.07, 6.45) is 1.49. The number of halogens is 1. The first-order valence-corrected chi connectivity index (χ1v) is 9.61. The summed E-state index contributed by atoms with van der Waals surface area (Å²) in [4.78, 5) is 29.8. The Morgan fingerprint density at radius 3 is 2.82 bits per heavy atom. The minimum absolute atomic E-state index is 0.103. The van der Waals surface area contributed by atoms with Crippen LogP contribution < -0.4 is 5.56 Å². The molecule has 4 rings (SSSR count). The van der Waals surface area contributed by atoms with Crippen molar-refractivity contribution in [3.05, 3.63) is 74.4 Å². The summed E-state index contributed by atoms with van der Waals surface area (Å²) < 4.78 is 13.2. The van der Waals surface area contributed by atoms with Gasteiger partial charge in [-0.2, -0.15) is 0 Å². The van der Waals surface area contributed by atoms with E-state index in [4.69, 9.17) is 9.15 Å². The highest BCUT2D eigenvalue weighted by molar-refractivity contribution is 9.10. The van der Waals surface area contributed by atoms with Gasteiger partial charge in [0.15, 0.2) is 0 Å². The number of ether oxygens (including phenoxy) is 1. The van der Waals surface area contributed by atoms with E-state index in [1.54, 1.807) is 13.0 Å². The Balaban J connectivity index is 1.89. The lowest BCUT2D eigenvalue weighted by Gasteiger charge is -2.08. The number of nitrogens with zero attached hydrogens (tertiary/aromatic N) is 2. The lowest BCUT2D eigenvalue weighted by molar-refractivity contribution is 0.0490. The quantitative estimate of drug-likeness (QED) is 0.438. The molecule has 28 heavy (non-hydrogen) atoms. The molecule has 0 aliphatic rings. The Labute approximate surface area is 168 Å². The number of benzene rings is 2. The maximum Gasteiger partial charge on any atom is 0.374 e. The van der Waals surface area contributed by atoms with Crippen LogP contribution >= 0.6 is 15.9 Å². The van der Waals surface area contributed by atoms with Gasteiger partial charge in [-0.15, -0.1) is 0 Å². The lowest BCUT2D eigenvalue weighted by atomic mass is 10.1. The standard InChI is InChI=1S/C21H17BrN2O4/c1-3-27-21(26)19-16(14-9-13(22)5-7-18(14)28-19)10-24-11-23-17-6-4-12(2)8-15(17)20(24)25/h4-9,11H,3,10H2,1-2H3. The third kappa shape index (κ3) is 3.22. The second-order valence-corrected chi connectivity index (χ2v) is 7.38. The average Bonchev–Trinajstić information content (AvgIpc) is 3.02. The third-order valence-corrected chi connectivity index (χ3v) is 5.01. The molecule has 0 aliphatic heterocycles. The first kappa shape index (κ1) is 18.4. The van der Waals surface area contributed by atoms with Crippen molar-refractivity contribution in [2.24, 2.45) is 0 Å². The summed E-state index contributed by atoms with van der Waals surface area (Å²) in [5, 5.41) is 1.28. The second-order valence-electron chi connectivity index (χ2n) is 6.47. The van der Waals surface area contributed by atoms with Gasteiger partial charge in [-0.25, -0.2) is 9.78 Å². The molecule has 4 aromatic rings. The number of hydrogen-bond donors (Lipinski definition) is 0. The predicted octanol–water partition coefficient (Wildman–Crippen LogP) is 4.44. The molecule has 0 bridgehead atoms. The van der Waals surface area contributed by atoms with Crippen molar-refractivity contribution in [2.75, 3.05) is 6.61 Å². The summed E-state index contributed by atoms with van der Waals surface area (Å²) in [5.41, 5.74) is 2.59. The molecular weight excluding hydrogens is 424 g/mol. The maximum atomic E-state index is 13.0. The van der Waals surface area contributed by atoms with E-state index in [-0.39, 0.29) is 24.5 Å². The van der Waals surface area contributed by atoms with Gasteiger partial charge in [0.1, 0.15) is 5.58 Å². The normalized spacial score (nSPS) is 11.2. The average molecular weight is 441 g/mol. The van der Waals surface area contributed by atoms with Crippen LogP contribution in [-0.2, 0) is 11.3 Å². The highest BCUT2D eigenvalue weighted by Gasteiger charge is 2.23. The van der Waals surface area contributed by atoms with Gasteiger partial charge < -0.3 is 9.15 Å². The van der Waals surface area contributed by atoms with Crippen LogP contribution in [0.4, 0.5) is 0 Å². The molecule has 0 saturated carbocycles. The van der Waals surface area contributed by atoms with Crippen molar-refractivity contribution in [2.45, 2.75) is 20.4 Å². The van der Waals surface area contributed by atoms with Crippen LogP contribution in [0.2, 0.25) is 0 Å². The number of aryl methyl sites for hydroxylation is 1. The third-order valence-electron chi connectivity index (χ3n) is 4.52. The van der Waals surface area contributed by atoms with Crippen molar-refractivity contribution in [1.82, 2.24) is 9.55 Å². The Hall–Kier alpha value is -2.93. The van der Waals surface area contributed by atoms with Gasteiger partial charge in [-0.3, -0.25) is 9.36 Å². The van der Waals surface area contributed by atoms with Crippen LogP contribution in [0.25, 0.3) is 21.9 Å². The van der Waals surface area contributed by atoms with Crippen molar-refractivity contribution in [1.29, 1.82) is 0 Å². The number of hydrogen-bond acceptors (Lipinski definition) is 5. The highest BCUT2D eigenvalue weighted by Crippen LogP contribution is 2.30. The summed E-state index contributed by atoms with van der Waals surface area (Å²) in [5.74, 6) is -0.450. The molecule has 2 heterocycles. The maximum absolute atomic E-state index is 13.0. The molecule has 0 fully saturated rings. The lowest BCUT2D eigenvalue weighted by Crippen LogP contribution is -2.22. The Bertz CT molecular complexity index is 1270. The van der Waals surface area contributed by atoms with Gasteiger partial charge in [-0.05, 0) is 44.2 Å². The van der Waals surface area contributed by atoms with Gasteiger partial charge in [0.2, 0.25) is 5.76 Å². The Morgan fingerprint density at radius 2 is 2.04 bits per heavy atom. The zero-order valence-corrected chi connectivity index (χ0v) is 16.9. The van der Waals surface area contributed by atoms with Gasteiger partial charge in [-0.1, -0.05) is 27.6 Å². The van der Waals surface area contributed by atoms with E-state index in [9.17, 15) is 9.59 Å². The van der Waals surface area contributed by atoms with E-state index in [0.29, 0.717) is 22.0 Å². The number of aromatic nitrogens is 2. The number of carbonyl (C=O) groups is 1. The summed E-state index contributed by atoms with van der Waals surface area (Å²) in [6, 6.07) is 11.0. The molecule has 0 spiro atoms. The van der Waals surface area contributed by atoms with E-state index in [0.717, 1.165) is 15.4 Å². The molecule has 142 valence electrons. The number of furan rings is 1. The Morgan fingerprint density at radius 1 is 1.21 bits per heavy atom. The summed E-state index contributed by atoms with van der Waals surface area (Å²) >= 11 is 3.45. The van der Waals surface area contributed by atoms with E-state index in [1.807, 2.05) is 37.3 Å². The highest BCUT2D eigenvalue weighted by atomic mass is 79.9. The molecule has 0 atom stereocenters. The van der Waals surface area contributed by atoms with Gasteiger partial charge in [0.05, 0.1) is 30.4 Å². The van der Waals surface area contributed by atoms with Crippen molar-refractivity contribution in [3.63, 3.8) is 0 Å². The van der Waals surface area contributed by atoms with E-state index < -0.39 is 5.97 Å². The molecule has 0 unspecified atom stereocenters. The molecule has 6 nitrogen and oxygen atoms in total. The molecular formula is C21H17BrN2O4. The summed E-state index contributed by atoms with van der Waals surface area (Å²) in [7, 11) is 0. The molecule has 0 saturated heterocycles. The largest absolute Gasteiger partial charge is 0.460 e. The minimum Gasteiger partial charge on any atom is -0.460 e. The van der Waals surface area contributed by atoms with Crippen LogP contribution in [0.5, 0.6) is 0 Å². The van der Waals surface area contributed by atoms with Gasteiger partial charge in [0, 0.05) is 15.4 Å². The van der Waals surface area contributed by atoms with E-state index >= 15 is 0 Å². The minimum atomic E-state index is -0.553. The van der Waals surface area contributed by atoms with Crippen LogP contribution in [0.15, 0.2) is 56.4 Å². The number of fused-ring (bicyclic) bond motifs is 2. The molecule has 0 N–H and O–H groups in total. The first-order chi connectivity index (χ1) is 13.5. The fourth-order valence-electron chi connectivity index (χ4n) is 3.20. The van der Waals surface area contributed by atoms with Gasteiger partial charge in [0.25, 0.3) is 5.56 Å². The van der Waals surface area contributed by atoms with E-state index in [1.165, 1.54) is 10.9 Å². The molecule has 0 aliphatic carbocycles. The number of rotatable bonds is 4. The van der Waals surface area contributed by atoms with Gasteiger partial charge >= 0.3 is 5.97 Å². The molecule has 2 aromatic carbocycles. The topological polar surface area (TPSA) is 74.3 Å². The van der Waals surface area contributed by atoms with Crippen molar-refractivity contribution < 1.29 is 13.9 Å². The van der Waals surface area contributed by atoms with Crippen molar-refractivity contribution in [3.8, 4) is 0 Å². The second kappa shape index (κ2) is 7.24. The summed E-state index contributed by atoms with van der Waals surface area (Å²) in [6.45, 7) is 4.04. The van der Waals surface area contributed by atoms with Crippen LogP contribution in [0, 0.1) is 6.92 Å². The first-order valence-electron chi connectivity index (χ1n) is 8.81. The fourth-order valence-corrected chi connectivity index (χ4v) is 3.56. The zero-order chi connectivity index (χ0) is 19.8. The number of carbonyl (C=O) groups excluding carboxylic acids is 1. The molecule has 7 heteroatoms. The fraction of sp³-hybridized carbons (Fsp3) is 0.190. The smallest absolute Gasteiger partial charge is 0.374 e. The van der Waals surface area contributed by atoms with Crippen LogP contribution in [0.3, 0.4) is 0 Å². The molecule has 2 aromatic heterocycles. The SMILES string of the molecule is CCOC(=O)c1oc2ccc(Br)cc2c1Cn1cnc2ccc(C)cc2c1=O. The van der Waals surface area contributed by atoms with Crippen LogP contribution in [0.1, 0.15) is 28.6 Å². The van der Waals surface area contributed by atoms with E-state index in [2.05, 4.69) is 20.9 Å². The Kier molecular flexibility index (Phi) is 4.77. The predicted molar refractivity (Wildman–Crippen MR) is 110 cm³/mol. The van der Waals surface area contributed by atoms with Crippen molar-refractivity contribution >= 4 is 43.8 Å². The zero-order valence-electron chi connectivity index (χ0n) is 15.4. The molecule has 0 radical (unpaired) electrons. The monoisotopic (exact) mass is 440 g/mol. The molecule has 0 amide bonds. The number of esters is 1.